The Balaban J connectivity index is 2.12. The van der Waals surface area contributed by atoms with Gasteiger partial charge in [-0.15, -0.1) is 0 Å². The quantitative estimate of drug-likeness (QED) is 0.712. The molecule has 4 N–H and O–H groups in total. The van der Waals surface area contributed by atoms with Gasteiger partial charge < -0.3 is 16.4 Å². The summed E-state index contributed by atoms with van der Waals surface area (Å²) in [6.07, 6.45) is 4.17. The summed E-state index contributed by atoms with van der Waals surface area (Å²) in [5, 5.41) is 9.55. The SMILES string of the molecule is CSCC[C@@H](NC(N)=O)C(=O)Nc1cccc(-n2nccc2C)c1. The summed E-state index contributed by atoms with van der Waals surface area (Å²) >= 11 is 1.60. The number of hydrogen-bond acceptors (Lipinski definition) is 4. The molecule has 1 heterocycles. The van der Waals surface area contributed by atoms with Crippen molar-refractivity contribution >= 4 is 29.4 Å². The van der Waals surface area contributed by atoms with Crippen molar-refractivity contribution in [3.05, 3.63) is 42.2 Å². The summed E-state index contributed by atoms with van der Waals surface area (Å²) in [5.41, 5.74) is 7.62. The molecule has 0 saturated carbocycles. The lowest BCUT2D eigenvalue weighted by Gasteiger charge is -2.17. The van der Waals surface area contributed by atoms with Crippen LogP contribution >= 0.6 is 11.8 Å². The van der Waals surface area contributed by atoms with Gasteiger partial charge in [-0.3, -0.25) is 4.79 Å². The maximum atomic E-state index is 12.4. The molecular weight excluding hydrogens is 326 g/mol. The van der Waals surface area contributed by atoms with E-state index in [9.17, 15) is 9.59 Å². The smallest absolute Gasteiger partial charge is 0.312 e. The number of aryl methyl sites for hydroxylation is 1. The van der Waals surface area contributed by atoms with Crippen LogP contribution in [0.5, 0.6) is 0 Å². The highest BCUT2D eigenvalue weighted by Gasteiger charge is 2.19. The van der Waals surface area contributed by atoms with Crippen LogP contribution in [-0.2, 0) is 4.79 Å². The second-order valence-corrected chi connectivity index (χ2v) is 6.25. The van der Waals surface area contributed by atoms with Crippen molar-refractivity contribution in [3.63, 3.8) is 0 Å². The number of benzene rings is 1. The van der Waals surface area contributed by atoms with E-state index in [1.165, 1.54) is 0 Å². The first-order valence-electron chi connectivity index (χ1n) is 7.48. The van der Waals surface area contributed by atoms with E-state index in [4.69, 9.17) is 5.73 Å². The molecule has 128 valence electrons. The van der Waals surface area contributed by atoms with Gasteiger partial charge in [-0.05, 0) is 49.6 Å². The van der Waals surface area contributed by atoms with Gasteiger partial charge in [0.15, 0.2) is 0 Å². The normalized spacial score (nSPS) is 11.8. The summed E-state index contributed by atoms with van der Waals surface area (Å²) in [4.78, 5) is 23.5. The molecule has 8 heteroatoms. The first kappa shape index (κ1) is 17.9. The molecule has 0 saturated heterocycles. The third-order valence-corrected chi connectivity index (χ3v) is 4.08. The van der Waals surface area contributed by atoms with Crippen molar-refractivity contribution in [2.45, 2.75) is 19.4 Å². The molecule has 0 aliphatic carbocycles. The average molecular weight is 347 g/mol. The maximum Gasteiger partial charge on any atom is 0.312 e. The van der Waals surface area contributed by atoms with Crippen molar-refractivity contribution in [2.24, 2.45) is 5.73 Å². The largest absolute Gasteiger partial charge is 0.352 e. The van der Waals surface area contributed by atoms with Crippen LogP contribution in [0.4, 0.5) is 10.5 Å². The van der Waals surface area contributed by atoms with Crippen LogP contribution in [0.3, 0.4) is 0 Å². The number of thioether (sulfide) groups is 1. The predicted octanol–water partition coefficient (Wildman–Crippen LogP) is 1.91. The minimum absolute atomic E-state index is 0.294. The molecule has 0 bridgehead atoms. The molecule has 0 spiro atoms. The number of primary amides is 1. The van der Waals surface area contributed by atoms with E-state index in [1.54, 1.807) is 28.7 Å². The van der Waals surface area contributed by atoms with E-state index >= 15 is 0 Å². The highest BCUT2D eigenvalue weighted by Crippen LogP contribution is 2.16. The Hall–Kier alpha value is -2.48. The highest BCUT2D eigenvalue weighted by molar-refractivity contribution is 7.98. The molecule has 2 rings (SSSR count). The molecule has 1 aromatic carbocycles. The van der Waals surface area contributed by atoms with E-state index in [0.717, 1.165) is 17.1 Å². The van der Waals surface area contributed by atoms with E-state index in [-0.39, 0.29) is 5.91 Å². The number of aromatic nitrogens is 2. The topological polar surface area (TPSA) is 102 Å². The Morgan fingerprint density at radius 2 is 2.17 bits per heavy atom. The molecule has 2 aromatic rings. The molecule has 1 aromatic heterocycles. The fraction of sp³-hybridized carbons (Fsp3) is 0.312. The fourth-order valence-corrected chi connectivity index (χ4v) is 2.73. The Morgan fingerprint density at radius 3 is 2.79 bits per heavy atom. The van der Waals surface area contributed by atoms with Crippen LogP contribution in [-0.4, -0.2) is 39.8 Å². The number of rotatable bonds is 7. The molecule has 0 unspecified atom stereocenters. The number of nitrogens with zero attached hydrogens (tertiary/aromatic N) is 2. The number of anilines is 1. The second kappa shape index (κ2) is 8.39. The molecular formula is C16H21N5O2S. The maximum absolute atomic E-state index is 12.4. The van der Waals surface area contributed by atoms with Gasteiger partial charge in [0.1, 0.15) is 6.04 Å². The standard InChI is InChI=1S/C16H21N5O2S/c1-11-6-8-18-21(11)13-5-3-4-12(10-13)19-15(22)14(7-9-24-2)20-16(17)23/h3-6,8,10,14H,7,9H2,1-2H3,(H,19,22)(H3,17,20,23)/t14-/m1/s1. The highest BCUT2D eigenvalue weighted by atomic mass is 32.2. The third kappa shape index (κ3) is 4.76. The lowest BCUT2D eigenvalue weighted by atomic mass is 10.2. The van der Waals surface area contributed by atoms with Gasteiger partial charge >= 0.3 is 6.03 Å². The van der Waals surface area contributed by atoms with Crippen LogP contribution in [0.1, 0.15) is 12.1 Å². The van der Waals surface area contributed by atoms with Crippen LogP contribution in [0.2, 0.25) is 0 Å². The number of urea groups is 1. The first-order chi connectivity index (χ1) is 11.5. The Bertz CT molecular complexity index is 716. The van der Waals surface area contributed by atoms with Gasteiger partial charge in [-0.25, -0.2) is 9.48 Å². The van der Waals surface area contributed by atoms with Crippen molar-refractivity contribution in [2.75, 3.05) is 17.3 Å². The Morgan fingerprint density at radius 1 is 1.38 bits per heavy atom. The van der Waals surface area contributed by atoms with Gasteiger partial charge in [0.2, 0.25) is 5.91 Å². The second-order valence-electron chi connectivity index (χ2n) is 5.27. The summed E-state index contributed by atoms with van der Waals surface area (Å²) in [6.45, 7) is 1.95. The minimum atomic E-state index is -0.711. The third-order valence-electron chi connectivity index (χ3n) is 3.43. The van der Waals surface area contributed by atoms with Crippen molar-refractivity contribution < 1.29 is 9.59 Å². The lowest BCUT2D eigenvalue weighted by molar-refractivity contribution is -0.117. The van der Waals surface area contributed by atoms with Crippen molar-refractivity contribution in [1.82, 2.24) is 15.1 Å². The molecule has 3 amide bonds. The summed E-state index contributed by atoms with van der Waals surface area (Å²) in [7, 11) is 0. The van der Waals surface area contributed by atoms with E-state index in [2.05, 4.69) is 15.7 Å². The Kier molecular flexibility index (Phi) is 6.25. The lowest BCUT2D eigenvalue weighted by Crippen LogP contribution is -2.46. The zero-order valence-electron chi connectivity index (χ0n) is 13.7. The zero-order chi connectivity index (χ0) is 17.5. The average Bonchev–Trinajstić information content (AvgIpc) is 2.97. The van der Waals surface area contributed by atoms with E-state index < -0.39 is 12.1 Å². The number of carbonyl (C=O) groups is 2. The number of hydrogen-bond donors (Lipinski definition) is 3. The van der Waals surface area contributed by atoms with Crippen LogP contribution in [0.15, 0.2) is 36.5 Å². The van der Waals surface area contributed by atoms with Crippen LogP contribution in [0, 0.1) is 6.92 Å². The Labute approximate surface area is 145 Å². The molecule has 24 heavy (non-hydrogen) atoms. The van der Waals surface area contributed by atoms with Gasteiger partial charge in [0.25, 0.3) is 0 Å². The van der Waals surface area contributed by atoms with Gasteiger partial charge in [-0.2, -0.15) is 16.9 Å². The summed E-state index contributed by atoms with van der Waals surface area (Å²) in [6, 6.07) is 7.89. The van der Waals surface area contributed by atoms with Gasteiger partial charge in [0.05, 0.1) is 5.69 Å². The molecule has 0 radical (unpaired) electrons. The molecule has 0 aliphatic heterocycles. The molecule has 0 aliphatic rings. The van der Waals surface area contributed by atoms with Gasteiger partial charge in [0, 0.05) is 17.6 Å². The number of carbonyl (C=O) groups excluding carboxylic acids is 2. The number of amides is 3. The van der Waals surface area contributed by atoms with Gasteiger partial charge in [-0.1, -0.05) is 6.07 Å². The number of nitrogens with two attached hydrogens (primary N) is 1. The predicted molar refractivity (Wildman–Crippen MR) is 96.4 cm³/mol. The molecule has 0 fully saturated rings. The van der Waals surface area contributed by atoms with Crippen LogP contribution < -0.4 is 16.4 Å². The van der Waals surface area contributed by atoms with Crippen molar-refractivity contribution in [1.29, 1.82) is 0 Å². The molecule has 1 atom stereocenters. The summed E-state index contributed by atoms with van der Waals surface area (Å²) in [5.74, 6) is 0.447. The minimum Gasteiger partial charge on any atom is -0.352 e. The monoisotopic (exact) mass is 347 g/mol. The summed E-state index contributed by atoms with van der Waals surface area (Å²) < 4.78 is 1.78. The fourth-order valence-electron chi connectivity index (χ4n) is 2.26. The van der Waals surface area contributed by atoms with E-state index in [1.807, 2.05) is 37.4 Å². The first-order valence-corrected chi connectivity index (χ1v) is 8.87. The zero-order valence-corrected chi connectivity index (χ0v) is 14.5. The molecule has 7 nitrogen and oxygen atoms in total. The van der Waals surface area contributed by atoms with Crippen LogP contribution in [0.25, 0.3) is 5.69 Å². The van der Waals surface area contributed by atoms with Crippen molar-refractivity contribution in [3.8, 4) is 5.69 Å². The van der Waals surface area contributed by atoms with E-state index in [0.29, 0.717) is 12.1 Å². The number of nitrogens with one attached hydrogen (secondary N) is 2.